The quantitative estimate of drug-likeness (QED) is 0.0160. The summed E-state index contributed by atoms with van der Waals surface area (Å²) in [6.45, 7) is 8.61. The van der Waals surface area contributed by atoms with Crippen molar-refractivity contribution >= 4 is 19.6 Å². The zero-order valence-corrected chi connectivity index (χ0v) is 54.4. The van der Waals surface area contributed by atoms with Crippen molar-refractivity contribution < 1.29 is 72.6 Å². The first-order valence-corrected chi connectivity index (χ1v) is 36.1. The second-order valence-corrected chi connectivity index (χ2v) is 25.6. The van der Waals surface area contributed by atoms with Gasteiger partial charge in [-0.3, -0.25) is 14.1 Å². The van der Waals surface area contributed by atoms with Gasteiger partial charge in [-0.2, -0.15) is 0 Å². The van der Waals surface area contributed by atoms with Gasteiger partial charge >= 0.3 is 7.82 Å². The molecule has 17 nitrogen and oxygen atoms in total. The highest BCUT2D eigenvalue weighted by molar-refractivity contribution is 7.46. The predicted molar refractivity (Wildman–Crippen MR) is 335 cm³/mol. The first-order valence-electron chi connectivity index (χ1n) is 34.6. The monoisotopic (exact) mass is 1220 g/mol. The van der Waals surface area contributed by atoms with E-state index in [0.29, 0.717) is 32.1 Å². The number of aliphatic hydroxyl groups excluding tert-OH is 4. The molecule has 18 heteroatoms. The van der Waals surface area contributed by atoms with Gasteiger partial charge in [0.15, 0.2) is 12.6 Å². The Kier molecular flexibility index (Phi) is 48.8. The maximum absolute atomic E-state index is 13.8. The smallest absolute Gasteiger partial charge is 0.396 e. The SMILES string of the molecule is CCCCCC/C=C\CCCCCCCCCC(=O)N[C@H]1[C@H](OCC[C@H]2O[C@H](OP(=O)(O)O)[C@H](NC(=O)CCCCCCCCCCCCC)[C@@H](OCCCCCCCCCC)[C@@H]2O)O[C@H](CCO)[C@@H](O)[C@@H]1OCCC(O)CCCCCCC. The van der Waals surface area contributed by atoms with Crippen LogP contribution in [0.5, 0.6) is 0 Å². The number of carbonyl (C=O) groups excluding carboxylic acids is 2. The van der Waals surface area contributed by atoms with Crippen LogP contribution in [0.3, 0.4) is 0 Å². The van der Waals surface area contributed by atoms with E-state index in [1.165, 1.54) is 103 Å². The summed E-state index contributed by atoms with van der Waals surface area (Å²) in [7, 11) is -5.22. The van der Waals surface area contributed by atoms with Gasteiger partial charge < -0.3 is 64.5 Å². The van der Waals surface area contributed by atoms with Crippen LogP contribution in [-0.4, -0.2) is 136 Å². The third-order valence-electron chi connectivity index (χ3n) is 16.7. The molecule has 0 bridgehead atoms. The molecule has 2 aliphatic heterocycles. The van der Waals surface area contributed by atoms with Crippen molar-refractivity contribution in [2.75, 3.05) is 26.4 Å². The van der Waals surface area contributed by atoms with E-state index < -0.39 is 75.2 Å². The number of hydrogen-bond acceptors (Lipinski definition) is 13. The lowest BCUT2D eigenvalue weighted by Gasteiger charge is -2.46. The molecule has 2 rings (SSSR count). The molecule has 496 valence electrons. The Balaban J connectivity index is 2.23. The van der Waals surface area contributed by atoms with E-state index in [9.17, 15) is 44.4 Å². The maximum atomic E-state index is 13.8. The second kappa shape index (κ2) is 52.2. The average Bonchev–Trinajstić information content (AvgIpc) is 2.14. The fraction of sp³-hybridized carbons (Fsp3) is 0.939. The number of amides is 2. The molecule has 0 aliphatic carbocycles. The Morgan fingerprint density at radius 3 is 1.32 bits per heavy atom. The molecule has 2 aliphatic rings. The zero-order valence-electron chi connectivity index (χ0n) is 53.5. The first kappa shape index (κ1) is 78.5. The van der Waals surface area contributed by atoms with Crippen molar-refractivity contribution in [3.8, 4) is 0 Å². The topological polar surface area (TPSA) is 252 Å². The molecule has 2 amide bonds. The lowest BCUT2D eigenvalue weighted by molar-refractivity contribution is -0.281. The van der Waals surface area contributed by atoms with Crippen LogP contribution in [0, 0.1) is 0 Å². The third kappa shape index (κ3) is 38.8. The van der Waals surface area contributed by atoms with E-state index in [1.807, 2.05) is 0 Å². The van der Waals surface area contributed by atoms with Crippen molar-refractivity contribution in [1.82, 2.24) is 10.6 Å². The van der Waals surface area contributed by atoms with Crippen molar-refractivity contribution in [3.05, 3.63) is 12.2 Å². The minimum Gasteiger partial charge on any atom is -0.396 e. The van der Waals surface area contributed by atoms with Crippen LogP contribution >= 0.6 is 7.82 Å². The molecule has 2 heterocycles. The summed E-state index contributed by atoms with van der Waals surface area (Å²) >= 11 is 0. The summed E-state index contributed by atoms with van der Waals surface area (Å²) in [5.41, 5.74) is 0. The number of ether oxygens (including phenoxy) is 5. The van der Waals surface area contributed by atoms with E-state index in [2.05, 4.69) is 50.5 Å². The molecule has 0 saturated carbocycles. The number of nitrogens with one attached hydrogen (secondary N) is 2. The molecule has 11 atom stereocenters. The summed E-state index contributed by atoms with van der Waals surface area (Å²) in [6, 6.07) is -2.29. The molecule has 0 radical (unpaired) electrons. The maximum Gasteiger partial charge on any atom is 0.472 e. The molecule has 1 unspecified atom stereocenters. The molecule has 0 aromatic carbocycles. The lowest BCUT2D eigenvalue weighted by atomic mass is 9.93. The van der Waals surface area contributed by atoms with Gasteiger partial charge in [-0.15, -0.1) is 0 Å². The molecule has 84 heavy (non-hydrogen) atoms. The van der Waals surface area contributed by atoms with Gasteiger partial charge in [-0.1, -0.05) is 232 Å². The summed E-state index contributed by atoms with van der Waals surface area (Å²) in [4.78, 5) is 47.7. The van der Waals surface area contributed by atoms with Crippen LogP contribution in [0.4, 0.5) is 0 Å². The second-order valence-electron chi connectivity index (χ2n) is 24.4. The Morgan fingerprint density at radius 1 is 0.476 bits per heavy atom. The van der Waals surface area contributed by atoms with Gasteiger partial charge in [0.05, 0.1) is 24.9 Å². The summed E-state index contributed by atoms with van der Waals surface area (Å²) in [6.07, 6.45) is 35.9. The van der Waals surface area contributed by atoms with Gasteiger partial charge in [0.25, 0.3) is 0 Å². The van der Waals surface area contributed by atoms with Gasteiger partial charge in [0, 0.05) is 32.7 Å². The molecular formula is C66H127N2O15P. The van der Waals surface area contributed by atoms with Gasteiger partial charge in [-0.05, 0) is 70.6 Å². The Hall–Kier alpha value is -1.57. The molecule has 0 aromatic rings. The summed E-state index contributed by atoms with van der Waals surface area (Å²) in [5, 5.41) is 50.7. The Bertz CT molecular complexity index is 1630. The van der Waals surface area contributed by atoms with Crippen molar-refractivity contribution in [2.24, 2.45) is 0 Å². The van der Waals surface area contributed by atoms with Crippen molar-refractivity contribution in [3.63, 3.8) is 0 Å². The van der Waals surface area contributed by atoms with Crippen molar-refractivity contribution in [2.45, 2.75) is 371 Å². The minimum atomic E-state index is -5.22. The summed E-state index contributed by atoms with van der Waals surface area (Å²) < 4.78 is 49.4. The molecule has 0 aromatic heterocycles. The molecule has 8 N–H and O–H groups in total. The minimum absolute atomic E-state index is 0.0356. The van der Waals surface area contributed by atoms with E-state index in [0.717, 1.165) is 116 Å². The molecular weight excluding hydrogens is 1090 g/mol. The van der Waals surface area contributed by atoms with Crippen LogP contribution in [0.2, 0.25) is 0 Å². The average molecular weight is 1220 g/mol. The number of carbonyl (C=O) groups is 2. The largest absolute Gasteiger partial charge is 0.472 e. The highest BCUT2D eigenvalue weighted by Crippen LogP contribution is 2.42. The van der Waals surface area contributed by atoms with E-state index in [1.54, 1.807) is 0 Å². The lowest BCUT2D eigenvalue weighted by Crippen LogP contribution is -2.65. The first-order chi connectivity index (χ1) is 40.8. The van der Waals surface area contributed by atoms with Gasteiger partial charge in [0.2, 0.25) is 11.8 Å². The highest BCUT2D eigenvalue weighted by atomic mass is 31.2. The standard InChI is InChI=1S/C66H127N2O15P/c1-5-9-13-17-20-23-25-26-27-28-30-32-34-37-41-45-57(71)67-59-63(79-52-48-54(70)44-40-36-16-12-8-4)61(73)55(47-50-69)81-65(59)80-53-49-56-62(74)64(78-51-43-39-35-22-19-15-11-7-3)60(66(82-56)83-84(75,76)77)68-58(72)46-42-38-33-31-29-24-21-18-14-10-6-2/h23,25,54-56,59-66,69-70,73-74H,5-22,24,26-53H2,1-4H3,(H,67,71)(H,68,72)(H2,75,76,77)/b25-23-/t54?,55-,56-,59-,60-,61-,62-,63-,64-,65-,66-/m1/s1. The van der Waals surface area contributed by atoms with Gasteiger partial charge in [-0.25, -0.2) is 4.57 Å². The van der Waals surface area contributed by atoms with Crippen LogP contribution in [0.25, 0.3) is 0 Å². The van der Waals surface area contributed by atoms with E-state index in [4.69, 9.17) is 28.2 Å². The van der Waals surface area contributed by atoms with E-state index >= 15 is 0 Å². The number of unbranched alkanes of at least 4 members (excludes halogenated alkanes) is 32. The number of phosphoric ester groups is 1. The number of allylic oxidation sites excluding steroid dienone is 2. The number of hydrogen-bond donors (Lipinski definition) is 8. The molecule has 0 spiro atoms. The van der Waals surface area contributed by atoms with Crippen LogP contribution in [-0.2, 0) is 42.4 Å². The molecule has 2 saturated heterocycles. The van der Waals surface area contributed by atoms with Crippen molar-refractivity contribution in [1.29, 1.82) is 0 Å². The number of phosphoric acid groups is 1. The Morgan fingerprint density at radius 2 is 0.857 bits per heavy atom. The van der Waals surface area contributed by atoms with E-state index in [-0.39, 0.29) is 63.9 Å². The number of rotatable bonds is 57. The van der Waals surface area contributed by atoms with Crippen LogP contribution in [0.1, 0.15) is 304 Å². The highest BCUT2D eigenvalue weighted by Gasteiger charge is 2.50. The summed E-state index contributed by atoms with van der Waals surface area (Å²) in [5.74, 6) is -0.647. The molecule has 2 fully saturated rings. The Labute approximate surface area is 510 Å². The van der Waals surface area contributed by atoms with Crippen LogP contribution < -0.4 is 10.6 Å². The number of aliphatic hydroxyl groups is 4. The fourth-order valence-corrected chi connectivity index (χ4v) is 12.0. The third-order valence-corrected chi connectivity index (χ3v) is 17.2. The normalized spacial score (nSPS) is 23.4. The fourth-order valence-electron chi connectivity index (χ4n) is 11.6. The zero-order chi connectivity index (χ0) is 61.3. The van der Waals surface area contributed by atoms with Crippen LogP contribution in [0.15, 0.2) is 12.2 Å². The predicted octanol–water partition coefficient (Wildman–Crippen LogP) is 13.8. The van der Waals surface area contributed by atoms with Gasteiger partial charge in [0.1, 0.15) is 36.5 Å².